The Hall–Kier alpha value is -1.51. The van der Waals surface area contributed by atoms with E-state index in [2.05, 4.69) is 36.9 Å². The number of nitrogens with one attached hydrogen (secondary N) is 2. The van der Waals surface area contributed by atoms with Crippen LogP contribution in [0.2, 0.25) is 0 Å². The summed E-state index contributed by atoms with van der Waals surface area (Å²) in [5.41, 5.74) is 1.91. The van der Waals surface area contributed by atoms with Crippen LogP contribution in [0, 0.1) is 12.7 Å². The van der Waals surface area contributed by atoms with Crippen LogP contribution in [0.3, 0.4) is 0 Å². The zero-order chi connectivity index (χ0) is 17.1. The van der Waals surface area contributed by atoms with E-state index in [9.17, 15) is 9.18 Å². The van der Waals surface area contributed by atoms with Crippen molar-refractivity contribution in [3.63, 3.8) is 0 Å². The first kappa shape index (κ1) is 19.8. The summed E-state index contributed by atoms with van der Waals surface area (Å²) in [5.74, 6) is -0.596. The molecule has 1 amide bonds. The van der Waals surface area contributed by atoms with Gasteiger partial charge in [-0.3, -0.25) is 4.79 Å². The van der Waals surface area contributed by atoms with Gasteiger partial charge in [-0.05, 0) is 50.6 Å². The van der Waals surface area contributed by atoms with Crippen LogP contribution < -0.4 is 10.6 Å². The van der Waals surface area contributed by atoms with E-state index in [0.717, 1.165) is 37.2 Å². The molecule has 2 N–H and O–H groups in total. The standard InChI is InChI=1S/C16H19BrFN5O.ClH/c1-10-15(21-22-23(10)13-4-6-19-7-5-13)16(24)20-9-11-2-3-12(18)8-14(11)17;/h2-3,8,13,19H,4-7,9H2,1H3,(H,20,24);1H. The molecule has 0 radical (unpaired) electrons. The van der Waals surface area contributed by atoms with Crippen molar-refractivity contribution in [1.29, 1.82) is 0 Å². The molecule has 0 bridgehead atoms. The molecule has 9 heteroatoms. The lowest BCUT2D eigenvalue weighted by atomic mass is 10.1. The number of rotatable bonds is 4. The van der Waals surface area contributed by atoms with Crippen LogP contribution in [0.15, 0.2) is 22.7 Å². The number of hydrogen-bond acceptors (Lipinski definition) is 4. The third-order valence-corrected chi connectivity index (χ3v) is 4.99. The maximum atomic E-state index is 13.1. The van der Waals surface area contributed by atoms with Crippen LogP contribution in [0.4, 0.5) is 4.39 Å². The number of nitrogens with zero attached hydrogens (tertiary/aromatic N) is 3. The van der Waals surface area contributed by atoms with Crippen molar-refractivity contribution in [2.75, 3.05) is 13.1 Å². The van der Waals surface area contributed by atoms with E-state index in [-0.39, 0.29) is 30.2 Å². The summed E-state index contributed by atoms with van der Waals surface area (Å²) in [5, 5.41) is 14.3. The molecule has 1 aromatic heterocycles. The number of carbonyl (C=O) groups excluding carboxylic acids is 1. The van der Waals surface area contributed by atoms with E-state index < -0.39 is 0 Å². The third-order valence-electron chi connectivity index (χ3n) is 4.25. The molecule has 1 aliphatic rings. The first-order valence-electron chi connectivity index (χ1n) is 7.91. The van der Waals surface area contributed by atoms with Gasteiger partial charge < -0.3 is 10.6 Å². The summed E-state index contributed by atoms with van der Waals surface area (Å²) in [6.45, 7) is 4.05. The highest BCUT2D eigenvalue weighted by Gasteiger charge is 2.22. The largest absolute Gasteiger partial charge is 0.346 e. The van der Waals surface area contributed by atoms with Gasteiger partial charge in [0.25, 0.3) is 5.91 Å². The minimum absolute atomic E-state index is 0. The summed E-state index contributed by atoms with van der Waals surface area (Å²) in [6, 6.07) is 4.66. The summed E-state index contributed by atoms with van der Waals surface area (Å²) in [7, 11) is 0. The molecule has 6 nitrogen and oxygen atoms in total. The number of benzene rings is 1. The molecule has 1 aliphatic heterocycles. The SMILES string of the molecule is Cc1c(C(=O)NCc2ccc(F)cc2Br)nnn1C1CCNCC1.Cl. The van der Waals surface area contributed by atoms with E-state index >= 15 is 0 Å². The van der Waals surface area contributed by atoms with Gasteiger partial charge in [0.2, 0.25) is 0 Å². The monoisotopic (exact) mass is 431 g/mol. The fourth-order valence-electron chi connectivity index (χ4n) is 2.87. The fraction of sp³-hybridized carbons (Fsp3) is 0.438. The van der Waals surface area contributed by atoms with Gasteiger partial charge >= 0.3 is 0 Å². The number of hydrogen-bond donors (Lipinski definition) is 2. The van der Waals surface area contributed by atoms with Crippen molar-refractivity contribution < 1.29 is 9.18 Å². The van der Waals surface area contributed by atoms with Crippen LogP contribution in [0.5, 0.6) is 0 Å². The predicted molar refractivity (Wildman–Crippen MR) is 98.4 cm³/mol. The number of halogens is 3. The van der Waals surface area contributed by atoms with Gasteiger partial charge in [0.1, 0.15) is 5.82 Å². The smallest absolute Gasteiger partial charge is 0.274 e. The topological polar surface area (TPSA) is 71.8 Å². The lowest BCUT2D eigenvalue weighted by Crippen LogP contribution is -2.30. The molecule has 1 saturated heterocycles. The van der Waals surface area contributed by atoms with Gasteiger partial charge in [-0.15, -0.1) is 17.5 Å². The molecule has 25 heavy (non-hydrogen) atoms. The molecular formula is C16H20BrClFN5O. The maximum Gasteiger partial charge on any atom is 0.274 e. The zero-order valence-corrected chi connectivity index (χ0v) is 16.2. The van der Waals surface area contributed by atoms with E-state index in [1.54, 1.807) is 6.07 Å². The fourth-order valence-corrected chi connectivity index (χ4v) is 3.36. The summed E-state index contributed by atoms with van der Waals surface area (Å²) >= 11 is 3.29. The lowest BCUT2D eigenvalue weighted by Gasteiger charge is -2.23. The van der Waals surface area contributed by atoms with Crippen molar-refractivity contribution in [2.45, 2.75) is 32.4 Å². The predicted octanol–water partition coefficient (Wildman–Crippen LogP) is 2.76. The Kier molecular flexibility index (Phi) is 6.92. The molecule has 3 rings (SSSR count). The van der Waals surface area contributed by atoms with Crippen molar-refractivity contribution >= 4 is 34.2 Å². The van der Waals surface area contributed by atoms with E-state index in [4.69, 9.17) is 0 Å². The molecule has 0 aliphatic carbocycles. The Morgan fingerprint density at radius 2 is 2.16 bits per heavy atom. The Morgan fingerprint density at radius 3 is 2.84 bits per heavy atom. The van der Waals surface area contributed by atoms with E-state index in [0.29, 0.717) is 16.7 Å². The Labute approximate surface area is 160 Å². The number of amides is 1. The highest BCUT2D eigenvalue weighted by molar-refractivity contribution is 9.10. The van der Waals surface area contributed by atoms with Crippen LogP contribution in [-0.4, -0.2) is 34.0 Å². The minimum Gasteiger partial charge on any atom is -0.346 e. The van der Waals surface area contributed by atoms with Crippen LogP contribution in [0.1, 0.15) is 40.6 Å². The lowest BCUT2D eigenvalue weighted by molar-refractivity contribution is 0.0945. The quantitative estimate of drug-likeness (QED) is 0.779. The van der Waals surface area contributed by atoms with Gasteiger partial charge in [-0.2, -0.15) is 0 Å². The van der Waals surface area contributed by atoms with Crippen LogP contribution in [0.25, 0.3) is 0 Å². The molecular weight excluding hydrogens is 413 g/mol. The molecule has 0 atom stereocenters. The van der Waals surface area contributed by atoms with Crippen molar-refractivity contribution in [3.05, 3.63) is 45.4 Å². The number of carbonyl (C=O) groups is 1. The van der Waals surface area contributed by atoms with Gasteiger partial charge in [-0.1, -0.05) is 27.2 Å². The third kappa shape index (κ3) is 4.56. The molecule has 2 aromatic rings. The summed E-state index contributed by atoms with van der Waals surface area (Å²) < 4.78 is 15.6. The number of piperidine rings is 1. The highest BCUT2D eigenvalue weighted by atomic mass is 79.9. The second-order valence-corrected chi connectivity index (χ2v) is 6.72. The Morgan fingerprint density at radius 1 is 1.44 bits per heavy atom. The zero-order valence-electron chi connectivity index (χ0n) is 13.8. The van der Waals surface area contributed by atoms with Crippen molar-refractivity contribution in [3.8, 4) is 0 Å². The van der Waals surface area contributed by atoms with Crippen molar-refractivity contribution in [2.24, 2.45) is 0 Å². The van der Waals surface area contributed by atoms with Crippen LogP contribution in [-0.2, 0) is 6.54 Å². The Bertz CT molecular complexity index is 748. The summed E-state index contributed by atoms with van der Waals surface area (Å²) in [6.07, 6.45) is 1.96. The van der Waals surface area contributed by atoms with Gasteiger partial charge in [0.05, 0.1) is 11.7 Å². The molecule has 0 saturated carbocycles. The minimum atomic E-state index is -0.322. The molecule has 0 unspecified atom stereocenters. The molecule has 0 spiro atoms. The molecule has 2 heterocycles. The second-order valence-electron chi connectivity index (χ2n) is 5.87. The maximum absolute atomic E-state index is 13.1. The average Bonchev–Trinajstić information content (AvgIpc) is 2.96. The normalized spacial score (nSPS) is 14.8. The molecule has 1 fully saturated rings. The highest BCUT2D eigenvalue weighted by Crippen LogP contribution is 2.21. The summed E-state index contributed by atoms with van der Waals surface area (Å²) in [4.78, 5) is 12.4. The second kappa shape index (κ2) is 8.73. The van der Waals surface area contributed by atoms with Crippen molar-refractivity contribution in [1.82, 2.24) is 25.6 Å². The van der Waals surface area contributed by atoms with Gasteiger partial charge in [-0.25, -0.2) is 9.07 Å². The van der Waals surface area contributed by atoms with E-state index in [1.807, 2.05) is 11.6 Å². The first-order valence-corrected chi connectivity index (χ1v) is 8.70. The molecule has 136 valence electrons. The Balaban J connectivity index is 0.00000225. The number of aromatic nitrogens is 3. The van der Waals surface area contributed by atoms with Gasteiger partial charge in [0.15, 0.2) is 5.69 Å². The average molecular weight is 433 g/mol. The molecule has 1 aromatic carbocycles. The van der Waals surface area contributed by atoms with Gasteiger partial charge in [0, 0.05) is 11.0 Å². The van der Waals surface area contributed by atoms with Crippen LogP contribution >= 0.6 is 28.3 Å². The first-order chi connectivity index (χ1) is 11.6. The van der Waals surface area contributed by atoms with E-state index in [1.165, 1.54) is 12.1 Å².